The Labute approximate surface area is 124 Å². The zero-order valence-corrected chi connectivity index (χ0v) is 12.9. The highest BCUT2D eigenvalue weighted by atomic mass is 16.5. The molecule has 1 atom stereocenters. The first-order valence-corrected chi connectivity index (χ1v) is 7.10. The average Bonchev–Trinajstić information content (AvgIpc) is 2.45. The summed E-state index contributed by atoms with van der Waals surface area (Å²) in [6.07, 6.45) is 2.06. The van der Waals surface area contributed by atoms with Crippen LogP contribution in [-0.2, 0) is 14.3 Å². The number of likely N-dealkylation sites (tertiary alicyclic amines) is 1. The van der Waals surface area contributed by atoms with Crippen molar-refractivity contribution in [2.45, 2.75) is 32.6 Å². The van der Waals surface area contributed by atoms with Crippen LogP contribution in [-0.4, -0.2) is 66.7 Å². The van der Waals surface area contributed by atoms with E-state index in [1.54, 1.807) is 18.9 Å². The molecule has 0 aromatic carbocycles. The topological polar surface area (TPSA) is 87.2 Å². The quantitative estimate of drug-likeness (QED) is 0.770. The molecular weight excluding hydrogens is 276 g/mol. The summed E-state index contributed by atoms with van der Waals surface area (Å²) in [7, 11) is 2.99. The van der Waals surface area contributed by atoms with Crippen molar-refractivity contribution >= 4 is 18.0 Å². The number of carboxylic acid groups (broad SMARTS) is 1. The lowest BCUT2D eigenvalue weighted by Gasteiger charge is -2.39. The highest BCUT2D eigenvalue weighted by Gasteiger charge is 2.39. The van der Waals surface area contributed by atoms with E-state index in [4.69, 9.17) is 0 Å². The van der Waals surface area contributed by atoms with Crippen LogP contribution in [0.3, 0.4) is 0 Å². The summed E-state index contributed by atoms with van der Waals surface area (Å²) in [5, 5.41) is 9.26. The van der Waals surface area contributed by atoms with Crippen LogP contribution in [0.1, 0.15) is 32.6 Å². The molecule has 0 radical (unpaired) electrons. The number of carbonyl (C=O) groups excluding carboxylic acids is 2. The van der Waals surface area contributed by atoms with E-state index in [1.165, 1.54) is 12.0 Å². The van der Waals surface area contributed by atoms with Crippen LogP contribution in [0.5, 0.6) is 0 Å². The zero-order chi connectivity index (χ0) is 16.0. The Morgan fingerprint density at radius 3 is 2.62 bits per heavy atom. The third-order valence-electron chi connectivity index (χ3n) is 3.91. The van der Waals surface area contributed by atoms with Gasteiger partial charge in [0.1, 0.15) is 0 Å². The molecule has 1 rings (SSSR count). The van der Waals surface area contributed by atoms with Crippen molar-refractivity contribution in [3.05, 3.63) is 0 Å². The number of hydrogen-bond donors (Lipinski definition) is 1. The van der Waals surface area contributed by atoms with Crippen molar-refractivity contribution in [1.82, 2.24) is 9.80 Å². The molecule has 1 aliphatic heterocycles. The molecule has 120 valence electrons. The maximum absolute atomic E-state index is 12.3. The van der Waals surface area contributed by atoms with Gasteiger partial charge in [-0.05, 0) is 26.2 Å². The molecule has 0 aliphatic carbocycles. The summed E-state index contributed by atoms with van der Waals surface area (Å²) in [6.45, 7) is 2.91. The third kappa shape index (κ3) is 4.61. The van der Waals surface area contributed by atoms with Crippen molar-refractivity contribution in [2.24, 2.45) is 5.41 Å². The van der Waals surface area contributed by atoms with Crippen LogP contribution in [0.25, 0.3) is 0 Å². The number of carbonyl (C=O) groups is 3. The lowest BCUT2D eigenvalue weighted by molar-refractivity contribution is -0.150. The lowest BCUT2D eigenvalue weighted by Crippen LogP contribution is -2.51. The van der Waals surface area contributed by atoms with E-state index in [9.17, 15) is 19.5 Å². The number of nitrogens with zero attached hydrogens (tertiary/aromatic N) is 2. The molecule has 0 aromatic rings. The van der Waals surface area contributed by atoms with Crippen LogP contribution in [0.2, 0.25) is 0 Å². The van der Waals surface area contributed by atoms with Gasteiger partial charge in [-0.2, -0.15) is 0 Å². The molecular formula is C14H24N2O5. The van der Waals surface area contributed by atoms with Gasteiger partial charge in [0.15, 0.2) is 0 Å². The van der Waals surface area contributed by atoms with Gasteiger partial charge in [-0.1, -0.05) is 0 Å². The molecule has 1 fully saturated rings. The van der Waals surface area contributed by atoms with Gasteiger partial charge in [-0.3, -0.25) is 9.59 Å². The summed E-state index contributed by atoms with van der Waals surface area (Å²) in [5.74, 6) is -1.17. The van der Waals surface area contributed by atoms with Crippen LogP contribution < -0.4 is 0 Å². The average molecular weight is 300 g/mol. The summed E-state index contributed by atoms with van der Waals surface area (Å²) in [6, 6.07) is -0.188. The van der Waals surface area contributed by atoms with Gasteiger partial charge in [0.25, 0.3) is 0 Å². The second-order valence-corrected chi connectivity index (χ2v) is 5.77. The van der Waals surface area contributed by atoms with Crippen molar-refractivity contribution in [3.8, 4) is 0 Å². The SMILES string of the molecule is COC(=O)CCCN(C)C(=O)N1CCCC(C)(C(=O)O)C1. The number of aliphatic carboxylic acids is 1. The molecule has 1 heterocycles. The highest BCUT2D eigenvalue weighted by molar-refractivity contribution is 5.78. The smallest absolute Gasteiger partial charge is 0.319 e. The number of piperidine rings is 1. The molecule has 7 nitrogen and oxygen atoms in total. The van der Waals surface area contributed by atoms with E-state index in [1.807, 2.05) is 0 Å². The Bertz CT molecular complexity index is 412. The van der Waals surface area contributed by atoms with Crippen LogP contribution in [0, 0.1) is 5.41 Å². The number of rotatable bonds is 5. The summed E-state index contributed by atoms with van der Waals surface area (Å²) in [4.78, 5) is 37.7. The normalized spacial score (nSPS) is 21.8. The summed E-state index contributed by atoms with van der Waals surface area (Å²) in [5.41, 5.74) is -0.874. The van der Waals surface area contributed by atoms with Gasteiger partial charge in [-0.15, -0.1) is 0 Å². The van der Waals surface area contributed by atoms with E-state index in [0.717, 1.165) is 0 Å². The first kappa shape index (κ1) is 17.3. The van der Waals surface area contributed by atoms with E-state index in [-0.39, 0.29) is 25.0 Å². The van der Waals surface area contributed by atoms with Crippen LogP contribution in [0.15, 0.2) is 0 Å². The van der Waals surface area contributed by atoms with Crippen molar-refractivity contribution < 1.29 is 24.2 Å². The van der Waals surface area contributed by atoms with Gasteiger partial charge >= 0.3 is 18.0 Å². The van der Waals surface area contributed by atoms with E-state index in [0.29, 0.717) is 32.4 Å². The summed E-state index contributed by atoms with van der Waals surface area (Å²) < 4.78 is 4.54. The minimum Gasteiger partial charge on any atom is -0.481 e. The number of methoxy groups -OCH3 is 1. The second-order valence-electron chi connectivity index (χ2n) is 5.77. The van der Waals surface area contributed by atoms with Gasteiger partial charge in [-0.25, -0.2) is 4.79 Å². The van der Waals surface area contributed by atoms with Crippen molar-refractivity contribution in [1.29, 1.82) is 0 Å². The van der Waals surface area contributed by atoms with Crippen molar-refractivity contribution in [2.75, 3.05) is 33.8 Å². The molecule has 1 saturated heterocycles. The van der Waals surface area contributed by atoms with E-state index >= 15 is 0 Å². The number of esters is 1. The standard InChI is InChI=1S/C14H24N2O5/c1-14(12(18)19)7-5-9-16(10-14)13(20)15(2)8-4-6-11(17)21-3/h4-10H2,1-3H3,(H,18,19). The Hall–Kier alpha value is -1.79. The summed E-state index contributed by atoms with van der Waals surface area (Å²) >= 11 is 0. The number of hydrogen-bond acceptors (Lipinski definition) is 4. The molecule has 7 heteroatoms. The second kappa shape index (κ2) is 7.28. The monoisotopic (exact) mass is 300 g/mol. The highest BCUT2D eigenvalue weighted by Crippen LogP contribution is 2.30. The predicted octanol–water partition coefficient (Wildman–Crippen LogP) is 1.18. The lowest BCUT2D eigenvalue weighted by atomic mass is 9.82. The third-order valence-corrected chi connectivity index (χ3v) is 3.91. The maximum Gasteiger partial charge on any atom is 0.319 e. The predicted molar refractivity (Wildman–Crippen MR) is 75.8 cm³/mol. The van der Waals surface area contributed by atoms with E-state index < -0.39 is 11.4 Å². The first-order valence-electron chi connectivity index (χ1n) is 7.10. The molecule has 0 spiro atoms. The number of urea groups is 1. The molecule has 1 unspecified atom stereocenters. The Kier molecular flexibility index (Phi) is 5.99. The molecule has 2 amide bonds. The minimum absolute atomic E-state index is 0.188. The van der Waals surface area contributed by atoms with Gasteiger partial charge in [0, 0.05) is 33.1 Å². The van der Waals surface area contributed by atoms with E-state index in [2.05, 4.69) is 4.74 Å². The van der Waals surface area contributed by atoms with Gasteiger partial charge < -0.3 is 19.6 Å². The number of carboxylic acids is 1. The first-order chi connectivity index (χ1) is 9.80. The fourth-order valence-corrected chi connectivity index (χ4v) is 2.48. The van der Waals surface area contributed by atoms with Crippen molar-refractivity contribution in [3.63, 3.8) is 0 Å². The molecule has 0 bridgehead atoms. The maximum atomic E-state index is 12.3. The Morgan fingerprint density at radius 2 is 2.05 bits per heavy atom. The largest absolute Gasteiger partial charge is 0.481 e. The Morgan fingerprint density at radius 1 is 1.38 bits per heavy atom. The minimum atomic E-state index is -0.874. The number of ether oxygens (including phenoxy) is 1. The molecule has 21 heavy (non-hydrogen) atoms. The molecule has 0 saturated carbocycles. The Balaban J connectivity index is 2.50. The fourth-order valence-electron chi connectivity index (χ4n) is 2.48. The van der Waals surface area contributed by atoms with Crippen LogP contribution >= 0.6 is 0 Å². The van der Waals surface area contributed by atoms with Gasteiger partial charge in [0.05, 0.1) is 12.5 Å². The van der Waals surface area contributed by atoms with Gasteiger partial charge in [0.2, 0.25) is 0 Å². The zero-order valence-electron chi connectivity index (χ0n) is 12.9. The number of amides is 2. The molecule has 0 aromatic heterocycles. The van der Waals surface area contributed by atoms with Crippen LogP contribution in [0.4, 0.5) is 4.79 Å². The fraction of sp³-hybridized carbons (Fsp3) is 0.786. The molecule has 1 N–H and O–H groups in total. The molecule has 1 aliphatic rings.